The molecule has 132 valence electrons. The van der Waals surface area contributed by atoms with Crippen LogP contribution in [0.4, 0.5) is 0 Å². The average Bonchev–Trinajstić information content (AvgIpc) is 2.48. The van der Waals surface area contributed by atoms with Crippen molar-refractivity contribution in [3.8, 4) is 5.88 Å². The van der Waals surface area contributed by atoms with Gasteiger partial charge in [-0.15, -0.1) is 10.2 Å². The molecule has 0 aliphatic heterocycles. The van der Waals surface area contributed by atoms with Crippen LogP contribution in [0.2, 0.25) is 0 Å². The summed E-state index contributed by atoms with van der Waals surface area (Å²) >= 11 is 4.29. The monoisotopic (exact) mass is 354 g/mol. The Balaban J connectivity index is 2.50. The molecule has 8 nitrogen and oxygen atoms in total. The first kappa shape index (κ1) is 19.9. The Bertz CT molecular complexity index is 596. The third kappa shape index (κ3) is 8.47. The van der Waals surface area contributed by atoms with Gasteiger partial charge in [0.1, 0.15) is 5.69 Å². The van der Waals surface area contributed by atoms with E-state index in [0.717, 1.165) is 0 Å². The number of ether oxygens (including phenoxy) is 1. The van der Waals surface area contributed by atoms with Crippen molar-refractivity contribution < 1.29 is 19.4 Å². The highest BCUT2D eigenvalue weighted by molar-refractivity contribution is 7.81. The Kier molecular flexibility index (Phi) is 7.63. The molecule has 1 heterocycles. The van der Waals surface area contributed by atoms with Crippen molar-refractivity contribution in [1.82, 2.24) is 15.6 Å². The van der Waals surface area contributed by atoms with Gasteiger partial charge in [0.05, 0.1) is 12.3 Å². The van der Waals surface area contributed by atoms with Gasteiger partial charge >= 0.3 is 5.97 Å². The van der Waals surface area contributed by atoms with Crippen molar-refractivity contribution in [2.24, 2.45) is 5.10 Å². The largest absolute Gasteiger partial charge is 0.481 e. The van der Waals surface area contributed by atoms with E-state index in [1.807, 2.05) is 13.8 Å². The van der Waals surface area contributed by atoms with E-state index in [2.05, 4.69) is 33.4 Å². The molecule has 0 atom stereocenters. The molecule has 0 saturated carbocycles. The zero-order chi connectivity index (χ0) is 18.2. The van der Waals surface area contributed by atoms with Crippen LogP contribution in [0.1, 0.15) is 45.7 Å². The van der Waals surface area contributed by atoms with Crippen molar-refractivity contribution in [1.29, 1.82) is 0 Å². The lowest BCUT2D eigenvalue weighted by atomic mass is 10.1. The number of hydrogen-bond acceptors (Lipinski definition) is 7. The molecule has 1 amide bonds. The van der Waals surface area contributed by atoms with Crippen LogP contribution >= 0.6 is 12.6 Å². The standard InChI is InChI=1S/C15H22N4O4S/c1-10(16-18-12(20)9-15(2,3)24)11-6-7-13(19-17-11)23-8-4-5-14(21)22/h6-7,24H,4-5,8-9H2,1-3H3,(H,18,20)(H,21,22). The highest BCUT2D eigenvalue weighted by Crippen LogP contribution is 2.16. The molecule has 2 N–H and O–H groups in total. The predicted octanol–water partition coefficient (Wildman–Crippen LogP) is 1.66. The van der Waals surface area contributed by atoms with E-state index in [1.165, 1.54) is 0 Å². The lowest BCUT2D eigenvalue weighted by Gasteiger charge is -2.15. The van der Waals surface area contributed by atoms with Crippen molar-refractivity contribution in [2.75, 3.05) is 6.61 Å². The Hall–Kier alpha value is -2.16. The molecule has 24 heavy (non-hydrogen) atoms. The molecule has 0 bridgehead atoms. The number of carboxylic acid groups (broad SMARTS) is 1. The van der Waals surface area contributed by atoms with E-state index in [4.69, 9.17) is 9.84 Å². The number of hydrogen-bond donors (Lipinski definition) is 3. The third-order valence-corrected chi connectivity index (χ3v) is 2.90. The molecule has 0 spiro atoms. The number of aromatic nitrogens is 2. The van der Waals surface area contributed by atoms with Crippen LogP contribution in [0.15, 0.2) is 17.2 Å². The van der Waals surface area contributed by atoms with Crippen molar-refractivity contribution in [2.45, 2.75) is 44.8 Å². The van der Waals surface area contributed by atoms with E-state index >= 15 is 0 Å². The van der Waals surface area contributed by atoms with E-state index < -0.39 is 10.7 Å². The number of nitrogens with one attached hydrogen (secondary N) is 1. The number of thiol groups is 1. The highest BCUT2D eigenvalue weighted by atomic mass is 32.1. The molecule has 0 aliphatic carbocycles. The maximum atomic E-state index is 11.7. The Morgan fingerprint density at radius 3 is 2.62 bits per heavy atom. The summed E-state index contributed by atoms with van der Waals surface area (Å²) in [7, 11) is 0. The van der Waals surface area contributed by atoms with Gasteiger partial charge in [0, 0.05) is 23.7 Å². The minimum atomic E-state index is -0.866. The van der Waals surface area contributed by atoms with E-state index in [-0.39, 0.29) is 25.4 Å². The van der Waals surface area contributed by atoms with Crippen molar-refractivity contribution >= 4 is 30.2 Å². The van der Waals surface area contributed by atoms with Crippen LogP contribution < -0.4 is 10.2 Å². The second kappa shape index (κ2) is 9.21. The molecular formula is C15H22N4O4S. The van der Waals surface area contributed by atoms with E-state index in [9.17, 15) is 9.59 Å². The number of rotatable bonds is 9. The van der Waals surface area contributed by atoms with Crippen LogP contribution in [0.3, 0.4) is 0 Å². The minimum Gasteiger partial charge on any atom is -0.481 e. The van der Waals surface area contributed by atoms with Gasteiger partial charge in [0.2, 0.25) is 11.8 Å². The number of carboxylic acids is 1. The molecular weight excluding hydrogens is 332 g/mol. The molecule has 9 heteroatoms. The maximum Gasteiger partial charge on any atom is 0.303 e. The van der Waals surface area contributed by atoms with Gasteiger partial charge in [0.25, 0.3) is 0 Å². The molecule has 0 fully saturated rings. The van der Waals surface area contributed by atoms with Crippen LogP contribution in [-0.4, -0.2) is 44.2 Å². The fourth-order valence-corrected chi connectivity index (χ4v) is 1.77. The summed E-state index contributed by atoms with van der Waals surface area (Å²) in [5, 5.41) is 20.3. The van der Waals surface area contributed by atoms with Gasteiger partial charge in [-0.1, -0.05) is 13.8 Å². The zero-order valence-corrected chi connectivity index (χ0v) is 14.8. The number of amides is 1. The zero-order valence-electron chi connectivity index (χ0n) is 13.9. The fourth-order valence-electron chi connectivity index (χ4n) is 1.63. The summed E-state index contributed by atoms with van der Waals surface area (Å²) < 4.78 is 4.88. The molecule has 0 radical (unpaired) electrons. The van der Waals surface area contributed by atoms with Crippen molar-refractivity contribution in [3.63, 3.8) is 0 Å². The van der Waals surface area contributed by atoms with Crippen LogP contribution in [0.5, 0.6) is 5.88 Å². The number of nitrogens with zero attached hydrogens (tertiary/aromatic N) is 3. The first-order valence-electron chi connectivity index (χ1n) is 7.41. The quantitative estimate of drug-likeness (QED) is 0.269. The maximum absolute atomic E-state index is 11.7. The summed E-state index contributed by atoms with van der Waals surface area (Å²) in [6, 6.07) is 3.27. The molecule has 0 aromatic carbocycles. The summed E-state index contributed by atoms with van der Waals surface area (Å²) in [5.41, 5.74) is 3.45. The lowest BCUT2D eigenvalue weighted by molar-refractivity contribution is -0.137. The first-order valence-corrected chi connectivity index (χ1v) is 7.86. The van der Waals surface area contributed by atoms with Crippen LogP contribution in [-0.2, 0) is 9.59 Å². The smallest absolute Gasteiger partial charge is 0.303 e. The molecule has 1 rings (SSSR count). The lowest BCUT2D eigenvalue weighted by Crippen LogP contribution is -2.26. The van der Waals surface area contributed by atoms with Crippen LogP contribution in [0, 0.1) is 0 Å². The Labute approximate surface area is 146 Å². The number of aliphatic carboxylic acids is 1. The second-order valence-corrected chi connectivity index (χ2v) is 7.03. The van der Waals surface area contributed by atoms with Gasteiger partial charge in [0.15, 0.2) is 0 Å². The Morgan fingerprint density at radius 2 is 2.08 bits per heavy atom. The number of carbonyl (C=O) groups excluding carboxylic acids is 1. The number of hydrazone groups is 1. The average molecular weight is 354 g/mol. The SMILES string of the molecule is CC(=NNC(=O)CC(C)(C)S)c1ccc(OCCCC(=O)O)nn1. The molecule has 0 unspecified atom stereocenters. The fraction of sp³-hybridized carbons (Fsp3) is 0.533. The van der Waals surface area contributed by atoms with Gasteiger partial charge in [-0.2, -0.15) is 17.7 Å². The number of carbonyl (C=O) groups is 2. The van der Waals surface area contributed by atoms with E-state index in [0.29, 0.717) is 23.7 Å². The van der Waals surface area contributed by atoms with E-state index in [1.54, 1.807) is 19.1 Å². The molecule has 1 aromatic heterocycles. The molecule has 0 saturated heterocycles. The summed E-state index contributed by atoms with van der Waals surface area (Å²) in [5.74, 6) is -0.797. The topological polar surface area (TPSA) is 114 Å². The van der Waals surface area contributed by atoms with Crippen LogP contribution in [0.25, 0.3) is 0 Å². The highest BCUT2D eigenvalue weighted by Gasteiger charge is 2.16. The van der Waals surface area contributed by atoms with Gasteiger partial charge < -0.3 is 9.84 Å². The van der Waals surface area contributed by atoms with Gasteiger partial charge in [-0.3, -0.25) is 9.59 Å². The predicted molar refractivity (Wildman–Crippen MR) is 92.4 cm³/mol. The first-order chi connectivity index (χ1) is 11.2. The summed E-state index contributed by atoms with van der Waals surface area (Å²) in [6.45, 7) is 5.63. The Morgan fingerprint density at radius 1 is 1.38 bits per heavy atom. The third-order valence-electron chi connectivity index (χ3n) is 2.74. The molecule has 0 aliphatic rings. The minimum absolute atomic E-state index is 0.0417. The molecule has 1 aromatic rings. The van der Waals surface area contributed by atoms with Gasteiger partial charge in [-0.25, -0.2) is 5.43 Å². The van der Waals surface area contributed by atoms with Gasteiger partial charge in [-0.05, 0) is 19.4 Å². The summed E-state index contributed by atoms with van der Waals surface area (Å²) in [6.07, 6.45) is 0.675. The normalized spacial score (nSPS) is 11.9. The van der Waals surface area contributed by atoms with Crippen molar-refractivity contribution in [3.05, 3.63) is 17.8 Å². The summed E-state index contributed by atoms with van der Waals surface area (Å²) in [4.78, 5) is 22.1. The second-order valence-electron chi connectivity index (χ2n) is 5.82.